The molecule has 0 fully saturated rings. The lowest BCUT2D eigenvalue weighted by atomic mass is 10.3. The predicted octanol–water partition coefficient (Wildman–Crippen LogP) is 1.32. The van der Waals surface area contributed by atoms with E-state index in [1.165, 1.54) is 5.56 Å². The lowest BCUT2D eigenvalue weighted by molar-refractivity contribution is -0.378. The molecule has 0 aromatic carbocycles. The Morgan fingerprint density at radius 2 is 1.71 bits per heavy atom. The minimum Gasteiger partial charge on any atom is -0.263 e. The summed E-state index contributed by atoms with van der Waals surface area (Å²) in [7, 11) is -6.30. The Bertz CT molecular complexity index is 567. The Kier molecular flexibility index (Phi) is 6.14. The standard InChI is InChI=1S/C6H7N.C3HF6NO3S/c1-6-3-2-4-7-5-6;4-2(5,6)1(11)10-14(12,13)3(7,8)9/h2-5H,1H3;(H,10,11)/p+1. The van der Waals surface area contributed by atoms with E-state index in [9.17, 15) is 39.6 Å². The van der Waals surface area contributed by atoms with E-state index >= 15 is 0 Å². The quantitative estimate of drug-likeness (QED) is 0.784. The zero-order chi connectivity index (χ0) is 16.9. The summed E-state index contributed by atoms with van der Waals surface area (Å²) >= 11 is 0. The molecule has 0 aliphatic carbocycles. The predicted molar refractivity (Wildman–Crippen MR) is 56.9 cm³/mol. The van der Waals surface area contributed by atoms with Gasteiger partial charge >= 0.3 is 27.6 Å². The van der Waals surface area contributed by atoms with Gasteiger partial charge in [-0.25, -0.2) is 9.71 Å². The SMILES string of the molecule is Cc1ccc[nH+]c1.O=C(NS(=O)(=O)C(F)(F)F)C(F)(F)F. The van der Waals surface area contributed by atoms with Crippen LogP contribution in [0.25, 0.3) is 0 Å². The largest absolute Gasteiger partial charge is 0.516 e. The van der Waals surface area contributed by atoms with Crippen LogP contribution in [0.3, 0.4) is 0 Å². The molecule has 1 aromatic rings. The summed E-state index contributed by atoms with van der Waals surface area (Å²) in [5.74, 6) is -3.20. The van der Waals surface area contributed by atoms with Crippen LogP contribution in [-0.4, -0.2) is 26.0 Å². The first-order valence-corrected chi connectivity index (χ1v) is 6.38. The van der Waals surface area contributed by atoms with Crippen molar-refractivity contribution in [2.45, 2.75) is 18.6 Å². The molecule has 1 amide bonds. The number of rotatable bonds is 1. The van der Waals surface area contributed by atoms with E-state index in [2.05, 4.69) is 18.0 Å². The molecule has 21 heavy (non-hydrogen) atoms. The van der Waals surface area contributed by atoms with E-state index < -0.39 is 27.6 Å². The second-order valence-electron chi connectivity index (χ2n) is 3.46. The van der Waals surface area contributed by atoms with Gasteiger partial charge in [0.05, 0.1) is 0 Å². The van der Waals surface area contributed by atoms with Gasteiger partial charge < -0.3 is 0 Å². The highest BCUT2D eigenvalue weighted by molar-refractivity contribution is 7.90. The number of carbonyl (C=O) groups excluding carboxylic acids is 1. The highest BCUT2D eigenvalue weighted by Crippen LogP contribution is 2.23. The fourth-order valence-electron chi connectivity index (χ4n) is 0.721. The molecule has 1 aromatic heterocycles. The van der Waals surface area contributed by atoms with Crippen molar-refractivity contribution in [3.8, 4) is 0 Å². The number of amides is 1. The highest BCUT2D eigenvalue weighted by atomic mass is 32.2. The molecule has 0 aliphatic heterocycles. The van der Waals surface area contributed by atoms with Crippen LogP contribution in [-0.2, 0) is 14.8 Å². The molecule has 1 rings (SSSR count). The van der Waals surface area contributed by atoms with E-state index in [-0.39, 0.29) is 4.72 Å². The smallest absolute Gasteiger partial charge is 0.263 e. The molecular formula is C9H9F6N2O3S+. The second-order valence-corrected chi connectivity index (χ2v) is 5.13. The maximum atomic E-state index is 11.4. The van der Waals surface area contributed by atoms with Crippen molar-refractivity contribution >= 4 is 15.9 Å². The molecule has 0 aliphatic rings. The summed E-state index contributed by atoms with van der Waals surface area (Å²) in [5.41, 5.74) is -4.70. The molecule has 12 heteroatoms. The van der Waals surface area contributed by atoms with Crippen molar-refractivity contribution in [1.82, 2.24) is 4.72 Å². The molecule has 0 bridgehead atoms. The van der Waals surface area contributed by atoms with Crippen LogP contribution in [0, 0.1) is 6.92 Å². The number of nitrogens with one attached hydrogen (secondary N) is 2. The average Bonchev–Trinajstić information content (AvgIpc) is 2.27. The molecule has 0 radical (unpaired) electrons. The average molecular weight is 339 g/mol. The van der Waals surface area contributed by atoms with Gasteiger partial charge in [-0.2, -0.15) is 34.8 Å². The molecule has 0 saturated carbocycles. The van der Waals surface area contributed by atoms with Crippen LogP contribution in [0.1, 0.15) is 5.56 Å². The van der Waals surface area contributed by atoms with Crippen LogP contribution in [0.4, 0.5) is 26.3 Å². The van der Waals surface area contributed by atoms with Gasteiger partial charge in [0.2, 0.25) is 0 Å². The maximum Gasteiger partial charge on any atom is 0.516 e. The Hall–Kier alpha value is -1.85. The molecule has 120 valence electrons. The number of aromatic amines is 1. The van der Waals surface area contributed by atoms with Crippen LogP contribution >= 0.6 is 0 Å². The fraction of sp³-hybridized carbons (Fsp3) is 0.333. The zero-order valence-corrected chi connectivity index (χ0v) is 11.0. The van der Waals surface area contributed by atoms with Crippen molar-refractivity contribution in [2.75, 3.05) is 0 Å². The van der Waals surface area contributed by atoms with Crippen molar-refractivity contribution in [2.24, 2.45) is 0 Å². The first kappa shape index (κ1) is 19.1. The lowest BCUT2D eigenvalue weighted by Gasteiger charge is -2.10. The molecule has 2 N–H and O–H groups in total. The number of alkyl halides is 6. The van der Waals surface area contributed by atoms with Crippen molar-refractivity contribution in [1.29, 1.82) is 0 Å². The number of sulfonamides is 1. The summed E-state index contributed by atoms with van der Waals surface area (Å²) in [6.45, 7) is 2.05. The van der Waals surface area contributed by atoms with Crippen molar-refractivity contribution in [3.63, 3.8) is 0 Å². The Balaban J connectivity index is 0.000000471. The Morgan fingerprint density at radius 3 is 1.95 bits per heavy atom. The number of aryl methyl sites for hydroxylation is 1. The van der Waals surface area contributed by atoms with Crippen LogP contribution in [0.15, 0.2) is 24.5 Å². The summed E-state index contributed by atoms with van der Waals surface area (Å²) in [6.07, 6.45) is -1.84. The van der Waals surface area contributed by atoms with Crippen molar-refractivity contribution in [3.05, 3.63) is 30.1 Å². The normalized spacial score (nSPS) is 12.1. The molecule has 0 unspecified atom stereocenters. The molecule has 0 saturated heterocycles. The van der Waals surface area contributed by atoms with E-state index in [0.29, 0.717) is 0 Å². The van der Waals surface area contributed by atoms with Crippen LogP contribution in [0.2, 0.25) is 0 Å². The van der Waals surface area contributed by atoms with Gasteiger partial charge in [-0.3, -0.25) is 4.79 Å². The first-order valence-electron chi connectivity index (χ1n) is 4.90. The van der Waals surface area contributed by atoms with E-state index in [4.69, 9.17) is 0 Å². The van der Waals surface area contributed by atoms with E-state index in [1.54, 1.807) is 0 Å². The Labute approximate surface area is 115 Å². The number of halogens is 6. The van der Waals surface area contributed by atoms with Gasteiger partial charge in [0.1, 0.15) is 0 Å². The second kappa shape index (κ2) is 6.74. The molecule has 0 spiro atoms. The minimum atomic E-state index is -6.30. The molecule has 0 atom stereocenters. The number of carbonyl (C=O) groups is 1. The van der Waals surface area contributed by atoms with Gasteiger partial charge in [-0.1, -0.05) is 0 Å². The van der Waals surface area contributed by atoms with Crippen LogP contribution < -0.4 is 9.71 Å². The summed E-state index contributed by atoms with van der Waals surface area (Å²) in [4.78, 5) is 12.8. The van der Waals surface area contributed by atoms with Gasteiger partial charge in [0, 0.05) is 11.6 Å². The maximum absolute atomic E-state index is 11.4. The summed E-state index contributed by atoms with van der Waals surface area (Å²) < 4.78 is 87.9. The minimum absolute atomic E-state index is 0.181. The number of pyridine rings is 1. The molecule has 1 heterocycles. The Morgan fingerprint density at radius 1 is 1.19 bits per heavy atom. The highest BCUT2D eigenvalue weighted by Gasteiger charge is 2.51. The third kappa shape index (κ3) is 6.92. The van der Waals surface area contributed by atoms with Gasteiger partial charge in [-0.15, -0.1) is 0 Å². The topological polar surface area (TPSA) is 77.4 Å². The van der Waals surface area contributed by atoms with Gasteiger partial charge in [0.25, 0.3) is 0 Å². The number of H-pyrrole nitrogens is 1. The number of aromatic nitrogens is 1. The summed E-state index contributed by atoms with van der Waals surface area (Å²) in [5, 5.41) is 0. The third-order valence-corrected chi connectivity index (χ3v) is 2.72. The monoisotopic (exact) mass is 339 g/mol. The first-order chi connectivity index (χ1) is 9.27. The van der Waals surface area contributed by atoms with Gasteiger partial charge in [0.15, 0.2) is 12.4 Å². The number of hydrogen-bond acceptors (Lipinski definition) is 3. The van der Waals surface area contributed by atoms with Gasteiger partial charge in [-0.05, 0) is 13.0 Å². The lowest BCUT2D eigenvalue weighted by Crippen LogP contribution is -2.46. The third-order valence-electron chi connectivity index (χ3n) is 1.65. The van der Waals surface area contributed by atoms with Crippen molar-refractivity contribution < 1.29 is 44.5 Å². The molecular weight excluding hydrogens is 330 g/mol. The van der Waals surface area contributed by atoms with E-state index in [1.807, 2.05) is 18.5 Å². The molecule has 5 nitrogen and oxygen atoms in total. The van der Waals surface area contributed by atoms with E-state index in [0.717, 1.165) is 0 Å². The zero-order valence-electron chi connectivity index (χ0n) is 10.2. The summed E-state index contributed by atoms with van der Waals surface area (Å²) in [6, 6.07) is 4.03. The number of hydrogen-bond donors (Lipinski definition) is 1. The van der Waals surface area contributed by atoms with Crippen LogP contribution in [0.5, 0.6) is 0 Å². The fourth-order valence-corrected chi connectivity index (χ4v) is 1.20.